The van der Waals surface area contributed by atoms with Crippen molar-refractivity contribution < 1.29 is 4.74 Å². The largest absolute Gasteiger partial charge is 0.494 e. The van der Waals surface area contributed by atoms with Gasteiger partial charge in [-0.15, -0.1) is 0 Å². The highest BCUT2D eigenvalue weighted by Gasteiger charge is 2.43. The fraction of sp³-hybridized carbons (Fsp3) is 0.647. The van der Waals surface area contributed by atoms with Gasteiger partial charge >= 0.3 is 0 Å². The third kappa shape index (κ3) is 2.62. The molecule has 1 N–H and O–H groups in total. The monoisotopic (exact) mass is 337 g/mol. The van der Waals surface area contributed by atoms with Gasteiger partial charge in [-0.2, -0.15) is 0 Å². The predicted octanol–water partition coefficient (Wildman–Crippen LogP) is 4.54. The van der Waals surface area contributed by atoms with E-state index in [1.165, 1.54) is 31.2 Å². The smallest absolute Gasteiger partial charge is 0.124 e. The zero-order valence-electron chi connectivity index (χ0n) is 12.4. The minimum atomic E-state index is 0.421. The SMILES string of the molecule is CCOc1ccc(Br)cc1C(NC)C1CC2CCC1C2. The van der Waals surface area contributed by atoms with Gasteiger partial charge in [0.15, 0.2) is 0 Å². The molecule has 2 bridgehead atoms. The normalized spacial score (nSPS) is 29.6. The van der Waals surface area contributed by atoms with Crippen LogP contribution in [0.1, 0.15) is 44.2 Å². The first-order valence-corrected chi connectivity index (χ1v) is 8.61. The number of ether oxygens (including phenoxy) is 1. The van der Waals surface area contributed by atoms with Crippen LogP contribution in [0.25, 0.3) is 0 Å². The second kappa shape index (κ2) is 6.07. The molecule has 2 nitrogen and oxygen atoms in total. The van der Waals surface area contributed by atoms with E-state index in [9.17, 15) is 0 Å². The van der Waals surface area contributed by atoms with E-state index in [2.05, 4.69) is 53.4 Å². The van der Waals surface area contributed by atoms with Crippen LogP contribution >= 0.6 is 15.9 Å². The topological polar surface area (TPSA) is 21.3 Å². The van der Waals surface area contributed by atoms with Gasteiger partial charge in [0.05, 0.1) is 6.61 Å². The Kier molecular flexibility index (Phi) is 4.37. The number of hydrogen-bond donors (Lipinski definition) is 1. The molecule has 0 heterocycles. The average Bonchev–Trinajstić information content (AvgIpc) is 3.05. The molecule has 3 rings (SSSR count). The number of nitrogens with one attached hydrogen (secondary N) is 1. The van der Waals surface area contributed by atoms with Crippen LogP contribution < -0.4 is 10.1 Å². The lowest BCUT2D eigenvalue weighted by atomic mass is 9.80. The highest BCUT2D eigenvalue weighted by Crippen LogP contribution is 2.53. The lowest BCUT2D eigenvalue weighted by Gasteiger charge is -2.31. The zero-order valence-corrected chi connectivity index (χ0v) is 13.9. The Balaban J connectivity index is 1.90. The van der Waals surface area contributed by atoms with Crippen molar-refractivity contribution >= 4 is 15.9 Å². The van der Waals surface area contributed by atoms with E-state index in [1.54, 1.807) is 0 Å². The Morgan fingerprint density at radius 3 is 2.80 bits per heavy atom. The molecule has 4 atom stereocenters. The molecule has 20 heavy (non-hydrogen) atoms. The van der Waals surface area contributed by atoms with E-state index in [4.69, 9.17) is 4.74 Å². The van der Waals surface area contributed by atoms with Gasteiger partial charge in [-0.25, -0.2) is 0 Å². The van der Waals surface area contributed by atoms with Crippen molar-refractivity contribution in [1.29, 1.82) is 0 Å². The summed E-state index contributed by atoms with van der Waals surface area (Å²) in [7, 11) is 2.09. The van der Waals surface area contributed by atoms with E-state index in [0.29, 0.717) is 6.04 Å². The summed E-state index contributed by atoms with van der Waals surface area (Å²) in [6.45, 7) is 2.78. The fourth-order valence-corrected chi connectivity index (χ4v) is 4.73. The molecule has 0 amide bonds. The summed E-state index contributed by atoms with van der Waals surface area (Å²) < 4.78 is 6.99. The highest BCUT2D eigenvalue weighted by molar-refractivity contribution is 9.10. The maximum atomic E-state index is 5.85. The molecular weight excluding hydrogens is 314 g/mol. The summed E-state index contributed by atoms with van der Waals surface area (Å²) in [6, 6.07) is 6.82. The Morgan fingerprint density at radius 1 is 1.35 bits per heavy atom. The van der Waals surface area contributed by atoms with Gasteiger partial charge in [0.25, 0.3) is 0 Å². The lowest BCUT2D eigenvalue weighted by molar-refractivity contribution is 0.250. The Bertz CT molecular complexity index is 476. The van der Waals surface area contributed by atoms with Crippen molar-refractivity contribution in [1.82, 2.24) is 5.32 Å². The number of halogens is 1. The van der Waals surface area contributed by atoms with Crippen LogP contribution in [0.5, 0.6) is 5.75 Å². The van der Waals surface area contributed by atoms with E-state index in [-0.39, 0.29) is 0 Å². The van der Waals surface area contributed by atoms with Gasteiger partial charge in [-0.1, -0.05) is 22.4 Å². The molecule has 2 aliphatic carbocycles. The van der Waals surface area contributed by atoms with Gasteiger partial charge in [0, 0.05) is 16.1 Å². The van der Waals surface area contributed by atoms with Crippen molar-refractivity contribution in [2.75, 3.05) is 13.7 Å². The van der Waals surface area contributed by atoms with Gasteiger partial charge in [-0.05, 0) is 69.2 Å². The predicted molar refractivity (Wildman–Crippen MR) is 86.0 cm³/mol. The van der Waals surface area contributed by atoms with Crippen molar-refractivity contribution in [2.24, 2.45) is 17.8 Å². The number of rotatable bonds is 5. The van der Waals surface area contributed by atoms with Crippen LogP contribution in [0.15, 0.2) is 22.7 Å². The van der Waals surface area contributed by atoms with Crippen LogP contribution in [0.3, 0.4) is 0 Å². The van der Waals surface area contributed by atoms with Crippen molar-refractivity contribution in [2.45, 2.75) is 38.6 Å². The molecular formula is C17H24BrNO. The lowest BCUT2D eigenvalue weighted by Crippen LogP contribution is -2.29. The quantitative estimate of drug-likeness (QED) is 0.851. The van der Waals surface area contributed by atoms with Crippen molar-refractivity contribution in [3.05, 3.63) is 28.2 Å². The molecule has 0 radical (unpaired) electrons. The maximum absolute atomic E-state index is 5.85. The molecule has 4 unspecified atom stereocenters. The summed E-state index contributed by atoms with van der Waals surface area (Å²) in [4.78, 5) is 0. The third-order valence-electron chi connectivity index (χ3n) is 5.14. The van der Waals surface area contributed by atoms with Crippen LogP contribution in [0.2, 0.25) is 0 Å². The molecule has 3 heteroatoms. The highest BCUT2D eigenvalue weighted by atomic mass is 79.9. The van der Waals surface area contributed by atoms with Crippen molar-refractivity contribution in [3.8, 4) is 5.75 Å². The Labute approximate surface area is 130 Å². The van der Waals surface area contributed by atoms with Gasteiger partial charge in [-0.3, -0.25) is 0 Å². The summed E-state index contributed by atoms with van der Waals surface area (Å²) in [5.41, 5.74) is 1.32. The summed E-state index contributed by atoms with van der Waals surface area (Å²) in [5, 5.41) is 3.57. The molecule has 2 fully saturated rings. The summed E-state index contributed by atoms with van der Waals surface area (Å²) in [5.74, 6) is 3.69. The number of benzene rings is 1. The molecule has 0 saturated heterocycles. The van der Waals surface area contributed by atoms with Gasteiger partial charge < -0.3 is 10.1 Å². The van der Waals surface area contributed by atoms with Crippen LogP contribution in [0, 0.1) is 17.8 Å². The minimum absolute atomic E-state index is 0.421. The maximum Gasteiger partial charge on any atom is 0.124 e. The standard InChI is InChI=1S/C17H24BrNO/c1-3-20-16-7-6-13(18)10-15(16)17(19-2)14-9-11-4-5-12(14)8-11/h6-7,10-12,14,17,19H,3-5,8-9H2,1-2H3. The summed E-state index contributed by atoms with van der Waals surface area (Å²) in [6.07, 6.45) is 5.70. The first-order chi connectivity index (χ1) is 9.72. The average molecular weight is 338 g/mol. The fourth-order valence-electron chi connectivity index (χ4n) is 4.35. The molecule has 0 aromatic heterocycles. The first-order valence-electron chi connectivity index (χ1n) is 7.82. The van der Waals surface area contributed by atoms with Crippen molar-refractivity contribution in [3.63, 3.8) is 0 Å². The van der Waals surface area contributed by atoms with Gasteiger partial charge in [0.2, 0.25) is 0 Å². The minimum Gasteiger partial charge on any atom is -0.494 e. The molecule has 0 spiro atoms. The third-order valence-corrected chi connectivity index (χ3v) is 5.63. The van der Waals surface area contributed by atoms with Crippen LogP contribution in [-0.4, -0.2) is 13.7 Å². The van der Waals surface area contributed by atoms with E-state index in [1.807, 2.05) is 0 Å². The second-order valence-electron chi connectivity index (χ2n) is 6.22. The molecule has 1 aromatic rings. The van der Waals surface area contributed by atoms with E-state index in [0.717, 1.165) is 34.6 Å². The molecule has 0 aliphatic heterocycles. The number of fused-ring (bicyclic) bond motifs is 2. The number of hydrogen-bond acceptors (Lipinski definition) is 2. The second-order valence-corrected chi connectivity index (χ2v) is 7.14. The molecule has 2 aliphatic rings. The first kappa shape index (κ1) is 14.4. The Morgan fingerprint density at radius 2 is 2.20 bits per heavy atom. The molecule has 2 saturated carbocycles. The van der Waals surface area contributed by atoms with Gasteiger partial charge in [0.1, 0.15) is 5.75 Å². The summed E-state index contributed by atoms with van der Waals surface area (Å²) >= 11 is 3.61. The molecule has 110 valence electrons. The zero-order chi connectivity index (χ0) is 14.1. The molecule has 1 aromatic carbocycles. The van der Waals surface area contributed by atoms with E-state index >= 15 is 0 Å². The van der Waals surface area contributed by atoms with Crippen LogP contribution in [0.4, 0.5) is 0 Å². The van der Waals surface area contributed by atoms with E-state index < -0.39 is 0 Å². The van der Waals surface area contributed by atoms with Crippen LogP contribution in [-0.2, 0) is 0 Å². The Hall–Kier alpha value is -0.540.